The van der Waals surface area contributed by atoms with Gasteiger partial charge in [0, 0.05) is 82.8 Å². The van der Waals surface area contributed by atoms with Gasteiger partial charge in [0.1, 0.15) is 17.1 Å². The van der Waals surface area contributed by atoms with E-state index in [-0.39, 0.29) is 23.4 Å². The lowest BCUT2D eigenvalue weighted by Gasteiger charge is -2.43. The van der Waals surface area contributed by atoms with Crippen LogP contribution in [0.5, 0.6) is 11.5 Å². The van der Waals surface area contributed by atoms with Gasteiger partial charge in [-0.2, -0.15) is 4.98 Å². The SMILES string of the molecule is COc1cc(N2CCC(N3CCN(C)CC3)CC2)c(C)cc1Nc1ncc(C(=O)OC(C)C)c(Nc2cc3c(cc2N(C)S(C)(=O)=O)CCO3)n1. The minimum atomic E-state index is -3.62. The minimum absolute atomic E-state index is 0.0853. The second kappa shape index (κ2) is 15.1. The molecule has 0 atom stereocenters. The molecule has 0 bridgehead atoms. The number of ether oxygens (including phenoxy) is 3. The van der Waals surface area contributed by atoms with Crippen molar-refractivity contribution in [3.05, 3.63) is 47.2 Å². The molecule has 276 valence electrons. The van der Waals surface area contributed by atoms with Gasteiger partial charge in [0.25, 0.3) is 0 Å². The Balaban J connectivity index is 1.27. The highest BCUT2D eigenvalue weighted by molar-refractivity contribution is 7.92. The molecule has 4 heterocycles. The third-order valence-electron chi connectivity index (χ3n) is 9.87. The maximum Gasteiger partial charge on any atom is 0.343 e. The number of carbonyl (C=O) groups excluding carboxylic acids is 1. The molecule has 3 aliphatic rings. The molecule has 0 radical (unpaired) electrons. The van der Waals surface area contributed by atoms with Gasteiger partial charge in [-0.3, -0.25) is 9.21 Å². The Hall–Kier alpha value is -4.34. The number of esters is 1. The quantitative estimate of drug-likeness (QED) is 0.271. The zero-order valence-electron chi connectivity index (χ0n) is 30.7. The van der Waals surface area contributed by atoms with Crippen molar-refractivity contribution >= 4 is 50.5 Å². The van der Waals surface area contributed by atoms with E-state index in [9.17, 15) is 13.2 Å². The molecular weight excluding hydrogens is 673 g/mol. The number of hydrogen-bond acceptors (Lipinski definition) is 13. The molecule has 2 aromatic carbocycles. The summed E-state index contributed by atoms with van der Waals surface area (Å²) in [6.07, 6.45) is 5.05. The van der Waals surface area contributed by atoms with Crippen LogP contribution in [-0.2, 0) is 21.2 Å². The molecule has 2 saturated heterocycles. The van der Waals surface area contributed by atoms with E-state index in [2.05, 4.69) is 50.4 Å². The highest BCUT2D eigenvalue weighted by Crippen LogP contribution is 2.40. The van der Waals surface area contributed by atoms with E-state index in [0.29, 0.717) is 47.6 Å². The topological polar surface area (TPSA) is 142 Å². The first-order chi connectivity index (χ1) is 24.3. The lowest BCUT2D eigenvalue weighted by Crippen LogP contribution is -2.52. The van der Waals surface area contributed by atoms with Gasteiger partial charge in [-0.15, -0.1) is 0 Å². The molecule has 15 heteroatoms. The molecule has 3 aliphatic heterocycles. The summed E-state index contributed by atoms with van der Waals surface area (Å²) in [6, 6.07) is 8.20. The van der Waals surface area contributed by atoms with Crippen LogP contribution in [0.2, 0.25) is 0 Å². The summed E-state index contributed by atoms with van der Waals surface area (Å²) in [6.45, 7) is 12.6. The van der Waals surface area contributed by atoms with Crippen LogP contribution in [0.25, 0.3) is 0 Å². The number of piperidine rings is 1. The second-order valence-electron chi connectivity index (χ2n) is 13.9. The van der Waals surface area contributed by atoms with Crippen LogP contribution in [0.15, 0.2) is 30.5 Å². The largest absolute Gasteiger partial charge is 0.494 e. The molecule has 2 fully saturated rings. The standard InChI is InChI=1S/C36H50N8O6S/c1-23(2)50-35(45)27-22-37-36(40-34(27)38-28-20-32-25(10-17-49-32)19-31(28)42(5)51(7,46)47)39-29-18-24(3)30(21-33(29)48-6)44-11-8-26(9-12-44)43-15-13-41(4)14-16-43/h18-23,26H,8-17H2,1-7H3,(H2,37,38,39,40). The summed E-state index contributed by atoms with van der Waals surface area (Å²) in [7, 11) is 1.69. The first-order valence-electron chi connectivity index (χ1n) is 17.5. The second-order valence-corrected chi connectivity index (χ2v) is 15.9. The monoisotopic (exact) mass is 722 g/mol. The fourth-order valence-corrected chi connectivity index (χ4v) is 7.42. The van der Waals surface area contributed by atoms with Gasteiger partial charge in [-0.1, -0.05) is 0 Å². The first kappa shape index (κ1) is 36.5. The van der Waals surface area contributed by atoms with Crippen LogP contribution in [0.3, 0.4) is 0 Å². The van der Waals surface area contributed by atoms with Gasteiger partial charge < -0.3 is 34.6 Å². The molecule has 2 N–H and O–H groups in total. The average molecular weight is 723 g/mol. The number of aromatic nitrogens is 2. The van der Waals surface area contributed by atoms with Gasteiger partial charge >= 0.3 is 5.97 Å². The van der Waals surface area contributed by atoms with E-state index in [4.69, 9.17) is 19.2 Å². The number of methoxy groups -OCH3 is 1. The zero-order chi connectivity index (χ0) is 36.4. The zero-order valence-corrected chi connectivity index (χ0v) is 31.5. The lowest BCUT2D eigenvalue weighted by atomic mass is 10.0. The number of likely N-dealkylation sites (N-methyl/N-ethyl adjacent to an activating group) is 1. The predicted octanol–water partition coefficient (Wildman–Crippen LogP) is 4.39. The van der Waals surface area contributed by atoms with Crippen molar-refractivity contribution in [3.8, 4) is 11.5 Å². The van der Waals surface area contributed by atoms with Crippen LogP contribution in [0.4, 0.5) is 34.5 Å². The number of rotatable bonds is 11. The number of nitrogens with one attached hydrogen (secondary N) is 2. The molecule has 51 heavy (non-hydrogen) atoms. The van der Waals surface area contributed by atoms with Crippen molar-refractivity contribution in [1.82, 2.24) is 19.8 Å². The molecule has 0 aliphatic carbocycles. The molecule has 0 amide bonds. The number of benzene rings is 2. The molecule has 14 nitrogen and oxygen atoms in total. The molecular formula is C36H50N8O6S. The lowest BCUT2D eigenvalue weighted by molar-refractivity contribution is 0.0378. The van der Waals surface area contributed by atoms with Gasteiger partial charge in [0.05, 0.1) is 43.1 Å². The van der Waals surface area contributed by atoms with Crippen molar-refractivity contribution in [2.24, 2.45) is 0 Å². The summed E-state index contributed by atoms with van der Waals surface area (Å²) < 4.78 is 43.6. The summed E-state index contributed by atoms with van der Waals surface area (Å²) in [4.78, 5) is 29.9. The Labute approximate surface area is 301 Å². The van der Waals surface area contributed by atoms with Crippen molar-refractivity contribution < 1.29 is 27.4 Å². The van der Waals surface area contributed by atoms with Crippen LogP contribution in [0, 0.1) is 6.92 Å². The summed E-state index contributed by atoms with van der Waals surface area (Å²) in [5.74, 6) is 0.975. The van der Waals surface area contributed by atoms with E-state index < -0.39 is 16.0 Å². The average Bonchev–Trinajstić information content (AvgIpc) is 3.55. The molecule has 1 aromatic heterocycles. The third kappa shape index (κ3) is 8.26. The fraction of sp³-hybridized carbons (Fsp3) is 0.528. The number of piperazine rings is 1. The summed E-state index contributed by atoms with van der Waals surface area (Å²) in [5, 5.41) is 6.49. The minimum Gasteiger partial charge on any atom is -0.494 e. The van der Waals surface area contributed by atoms with Crippen LogP contribution in [-0.4, -0.2) is 120 Å². The number of hydrogen-bond donors (Lipinski definition) is 2. The smallest absolute Gasteiger partial charge is 0.343 e. The maximum atomic E-state index is 13.2. The van der Waals surface area contributed by atoms with Crippen molar-refractivity contribution in [1.29, 1.82) is 0 Å². The Morgan fingerprint density at radius 2 is 1.76 bits per heavy atom. The molecule has 0 saturated carbocycles. The maximum absolute atomic E-state index is 13.2. The first-order valence-corrected chi connectivity index (χ1v) is 19.4. The van der Waals surface area contributed by atoms with Crippen molar-refractivity contribution in [3.63, 3.8) is 0 Å². The molecule has 6 rings (SSSR count). The number of carbonyl (C=O) groups is 1. The summed E-state index contributed by atoms with van der Waals surface area (Å²) >= 11 is 0. The van der Waals surface area contributed by atoms with Crippen LogP contribution in [0.1, 0.15) is 48.2 Å². The van der Waals surface area contributed by atoms with E-state index in [1.807, 2.05) is 6.07 Å². The van der Waals surface area contributed by atoms with Crippen LogP contribution >= 0.6 is 0 Å². The van der Waals surface area contributed by atoms with Gasteiger partial charge in [-0.05, 0) is 63.9 Å². The molecule has 0 spiro atoms. The Kier molecular flexibility index (Phi) is 10.8. The van der Waals surface area contributed by atoms with Gasteiger partial charge in [-0.25, -0.2) is 18.2 Å². The number of aryl methyl sites for hydroxylation is 1. The van der Waals surface area contributed by atoms with Gasteiger partial charge in [0.15, 0.2) is 5.82 Å². The Morgan fingerprint density at radius 1 is 1.04 bits per heavy atom. The molecule has 3 aromatic rings. The number of nitrogens with zero attached hydrogens (tertiary/aromatic N) is 6. The van der Waals surface area contributed by atoms with E-state index in [0.717, 1.165) is 75.2 Å². The van der Waals surface area contributed by atoms with Crippen molar-refractivity contribution in [2.45, 2.75) is 52.2 Å². The fourth-order valence-electron chi connectivity index (χ4n) is 6.91. The summed E-state index contributed by atoms with van der Waals surface area (Å²) in [5.41, 5.74) is 4.63. The third-order valence-corrected chi connectivity index (χ3v) is 11.1. The van der Waals surface area contributed by atoms with E-state index in [1.165, 1.54) is 17.5 Å². The van der Waals surface area contributed by atoms with E-state index in [1.54, 1.807) is 33.1 Å². The number of anilines is 6. The number of fused-ring (bicyclic) bond motifs is 1. The Bertz CT molecular complexity index is 1860. The highest BCUT2D eigenvalue weighted by Gasteiger charge is 2.29. The van der Waals surface area contributed by atoms with Crippen molar-refractivity contribution in [2.75, 3.05) is 93.2 Å². The van der Waals surface area contributed by atoms with Crippen LogP contribution < -0.4 is 29.3 Å². The normalized spacial score (nSPS) is 17.2. The van der Waals surface area contributed by atoms with Gasteiger partial charge in [0.2, 0.25) is 16.0 Å². The predicted molar refractivity (Wildman–Crippen MR) is 200 cm³/mol. The number of sulfonamides is 1. The highest BCUT2D eigenvalue weighted by atomic mass is 32.2. The molecule has 0 unspecified atom stereocenters. The van der Waals surface area contributed by atoms with E-state index >= 15 is 0 Å². The Morgan fingerprint density at radius 3 is 2.43 bits per heavy atom.